The molecule has 8 heteroatoms. The molecule has 0 bridgehead atoms. The maximum atomic E-state index is 14.4. The first-order valence-corrected chi connectivity index (χ1v) is 13.6. The van der Waals surface area contributed by atoms with Crippen molar-refractivity contribution >= 4 is 32.7 Å². The van der Waals surface area contributed by atoms with Crippen molar-refractivity contribution < 1.29 is 13.2 Å². The Morgan fingerprint density at radius 1 is 0.947 bits per heavy atom. The molecule has 0 N–H and O–H groups in total. The molecule has 4 nitrogen and oxygen atoms in total. The molecular weight excluding hydrogens is 553 g/mol. The number of halogens is 4. The standard InChI is InChI=1S/C30H30BrF3N4/c1-4-36(17-16-21-10-6-5-7-11-21)19-27-28(30(32,33)34)35-29-37(25-12-8-9-13-26(25)38(27)29)24-15-14-22(20(2)3)18-23(24)31/h5-15,18,20H,4,16-17,19H2,1-3H3. The molecule has 0 saturated carbocycles. The molecule has 38 heavy (non-hydrogen) atoms. The molecule has 5 aromatic rings. The molecule has 2 heterocycles. The Balaban J connectivity index is 1.67. The third-order valence-corrected chi connectivity index (χ3v) is 7.68. The number of nitrogens with zero attached hydrogens (tertiary/aromatic N) is 4. The first-order valence-electron chi connectivity index (χ1n) is 12.8. The lowest BCUT2D eigenvalue weighted by molar-refractivity contribution is -0.141. The zero-order chi connectivity index (χ0) is 27.0. The van der Waals surface area contributed by atoms with E-state index < -0.39 is 11.9 Å². The largest absolute Gasteiger partial charge is 0.435 e. The van der Waals surface area contributed by atoms with Crippen LogP contribution < -0.4 is 0 Å². The Kier molecular flexibility index (Phi) is 7.38. The van der Waals surface area contributed by atoms with E-state index in [9.17, 15) is 13.2 Å². The zero-order valence-corrected chi connectivity index (χ0v) is 23.2. The normalized spacial score (nSPS) is 12.4. The Bertz CT molecular complexity index is 1570. The number of likely N-dealkylation sites (N-methyl/N-ethyl adjacent to an activating group) is 1. The van der Waals surface area contributed by atoms with Crippen molar-refractivity contribution in [2.75, 3.05) is 13.1 Å². The second-order valence-corrected chi connectivity index (χ2v) is 10.7. The van der Waals surface area contributed by atoms with Crippen LogP contribution in [0.15, 0.2) is 77.3 Å². The molecule has 5 rings (SSSR count). The number of fused-ring (bicyclic) bond motifs is 3. The van der Waals surface area contributed by atoms with Gasteiger partial charge >= 0.3 is 6.18 Å². The number of hydrogen-bond acceptors (Lipinski definition) is 2. The van der Waals surface area contributed by atoms with E-state index in [1.165, 1.54) is 0 Å². The van der Waals surface area contributed by atoms with E-state index in [0.29, 0.717) is 24.5 Å². The van der Waals surface area contributed by atoms with Gasteiger partial charge in [0.2, 0.25) is 5.78 Å². The molecule has 0 aliphatic heterocycles. The maximum absolute atomic E-state index is 14.4. The number of imidazole rings is 2. The monoisotopic (exact) mass is 582 g/mol. The van der Waals surface area contributed by atoms with E-state index in [2.05, 4.69) is 34.8 Å². The summed E-state index contributed by atoms with van der Waals surface area (Å²) in [6.45, 7) is 7.61. The predicted molar refractivity (Wildman–Crippen MR) is 150 cm³/mol. The molecule has 0 spiro atoms. The number of rotatable bonds is 8. The summed E-state index contributed by atoms with van der Waals surface area (Å²) in [5.74, 6) is 0.582. The van der Waals surface area contributed by atoms with Crippen molar-refractivity contribution in [1.29, 1.82) is 0 Å². The van der Waals surface area contributed by atoms with Crippen LogP contribution in [0, 0.1) is 0 Å². The SMILES string of the molecule is CCN(CCc1ccccc1)Cc1c(C(F)(F)F)nc2n(-c3ccc(C(C)C)cc3Br)c3ccccc3n12. The summed E-state index contributed by atoms with van der Waals surface area (Å²) in [5, 5.41) is 0. The van der Waals surface area contributed by atoms with Gasteiger partial charge in [0.15, 0.2) is 5.69 Å². The highest BCUT2D eigenvalue weighted by Crippen LogP contribution is 2.37. The summed E-state index contributed by atoms with van der Waals surface area (Å²) in [6.07, 6.45) is -3.82. The van der Waals surface area contributed by atoms with Crippen LogP contribution in [0.3, 0.4) is 0 Å². The van der Waals surface area contributed by atoms with Crippen LogP contribution in [0.2, 0.25) is 0 Å². The Labute approximate surface area is 228 Å². The van der Waals surface area contributed by atoms with E-state index in [1.54, 1.807) is 4.40 Å². The average Bonchev–Trinajstić information content (AvgIpc) is 3.42. The highest BCUT2D eigenvalue weighted by Gasteiger charge is 2.39. The molecule has 3 aromatic carbocycles. The molecule has 0 fully saturated rings. The number of para-hydroxylation sites is 2. The van der Waals surface area contributed by atoms with Crippen LogP contribution in [0.25, 0.3) is 22.5 Å². The van der Waals surface area contributed by atoms with Crippen LogP contribution in [0.1, 0.15) is 49.2 Å². The van der Waals surface area contributed by atoms with Gasteiger partial charge in [-0.15, -0.1) is 0 Å². The number of alkyl halides is 3. The van der Waals surface area contributed by atoms with Crippen LogP contribution in [-0.2, 0) is 19.1 Å². The summed E-state index contributed by atoms with van der Waals surface area (Å²) < 4.78 is 47.6. The van der Waals surface area contributed by atoms with Gasteiger partial charge < -0.3 is 0 Å². The van der Waals surface area contributed by atoms with Gasteiger partial charge in [-0.3, -0.25) is 13.9 Å². The quantitative estimate of drug-likeness (QED) is 0.184. The molecule has 0 radical (unpaired) electrons. The fraction of sp³-hybridized carbons (Fsp3) is 0.300. The van der Waals surface area contributed by atoms with Gasteiger partial charge in [-0.25, -0.2) is 4.98 Å². The maximum Gasteiger partial charge on any atom is 0.435 e. The van der Waals surface area contributed by atoms with Crippen LogP contribution in [-0.4, -0.2) is 31.9 Å². The second-order valence-electron chi connectivity index (χ2n) is 9.83. The third kappa shape index (κ3) is 4.99. The van der Waals surface area contributed by atoms with Gasteiger partial charge in [0.1, 0.15) is 0 Å². The minimum Gasteiger partial charge on any atom is -0.297 e. The summed E-state index contributed by atoms with van der Waals surface area (Å²) >= 11 is 3.68. The van der Waals surface area contributed by atoms with E-state index in [-0.39, 0.29) is 18.0 Å². The minimum absolute atomic E-state index is 0.140. The first kappa shape index (κ1) is 26.5. The van der Waals surface area contributed by atoms with Crippen molar-refractivity contribution in [3.63, 3.8) is 0 Å². The van der Waals surface area contributed by atoms with Gasteiger partial charge in [-0.05, 0) is 70.2 Å². The van der Waals surface area contributed by atoms with E-state index in [1.807, 2.05) is 89.2 Å². The van der Waals surface area contributed by atoms with Crippen LogP contribution >= 0.6 is 15.9 Å². The Morgan fingerprint density at radius 2 is 1.63 bits per heavy atom. The minimum atomic E-state index is -4.58. The Hall–Kier alpha value is -3.10. The summed E-state index contributed by atoms with van der Waals surface area (Å²) in [6, 6.07) is 23.6. The fourth-order valence-corrected chi connectivity index (χ4v) is 5.53. The molecule has 0 amide bonds. The van der Waals surface area contributed by atoms with E-state index in [4.69, 9.17) is 0 Å². The van der Waals surface area contributed by atoms with Gasteiger partial charge in [0.25, 0.3) is 0 Å². The van der Waals surface area contributed by atoms with Gasteiger partial charge in [0.05, 0.1) is 22.4 Å². The zero-order valence-electron chi connectivity index (χ0n) is 21.6. The third-order valence-electron chi connectivity index (χ3n) is 7.05. The highest BCUT2D eigenvalue weighted by atomic mass is 79.9. The summed E-state index contributed by atoms with van der Waals surface area (Å²) in [5.41, 5.74) is 3.88. The molecule has 0 unspecified atom stereocenters. The smallest absolute Gasteiger partial charge is 0.297 e. The van der Waals surface area contributed by atoms with Crippen LogP contribution in [0.4, 0.5) is 13.2 Å². The molecular formula is C30H30BrF3N4. The van der Waals surface area contributed by atoms with Crippen molar-refractivity contribution in [2.45, 2.75) is 45.8 Å². The lowest BCUT2D eigenvalue weighted by atomic mass is 10.0. The van der Waals surface area contributed by atoms with Gasteiger partial charge in [-0.1, -0.05) is 69.3 Å². The van der Waals surface area contributed by atoms with E-state index in [0.717, 1.165) is 33.2 Å². The molecule has 0 aliphatic carbocycles. The molecule has 0 saturated heterocycles. The molecule has 0 atom stereocenters. The number of benzene rings is 3. The summed E-state index contributed by atoms with van der Waals surface area (Å²) in [7, 11) is 0. The Morgan fingerprint density at radius 3 is 2.26 bits per heavy atom. The molecule has 198 valence electrons. The predicted octanol–water partition coefficient (Wildman–Crippen LogP) is 8.25. The van der Waals surface area contributed by atoms with Crippen molar-refractivity contribution in [3.05, 3.63) is 99.8 Å². The lowest BCUT2D eigenvalue weighted by Crippen LogP contribution is -2.27. The van der Waals surface area contributed by atoms with Crippen LogP contribution in [0.5, 0.6) is 0 Å². The van der Waals surface area contributed by atoms with Crippen molar-refractivity contribution in [1.82, 2.24) is 18.9 Å². The molecule has 0 aliphatic rings. The number of hydrogen-bond donors (Lipinski definition) is 0. The lowest BCUT2D eigenvalue weighted by Gasteiger charge is -2.21. The van der Waals surface area contributed by atoms with Gasteiger partial charge in [0, 0.05) is 17.6 Å². The topological polar surface area (TPSA) is 25.5 Å². The molecule has 2 aromatic heterocycles. The second kappa shape index (κ2) is 10.6. The van der Waals surface area contributed by atoms with Gasteiger partial charge in [-0.2, -0.15) is 13.2 Å². The van der Waals surface area contributed by atoms with Crippen molar-refractivity contribution in [3.8, 4) is 5.69 Å². The highest BCUT2D eigenvalue weighted by molar-refractivity contribution is 9.10. The fourth-order valence-electron chi connectivity index (χ4n) is 4.96. The number of aromatic nitrogens is 3. The van der Waals surface area contributed by atoms with E-state index >= 15 is 0 Å². The summed E-state index contributed by atoms with van der Waals surface area (Å²) in [4.78, 5) is 6.30. The van der Waals surface area contributed by atoms with Crippen molar-refractivity contribution in [2.24, 2.45) is 0 Å². The first-order chi connectivity index (χ1) is 18.2. The average molecular weight is 583 g/mol.